The second-order valence-corrected chi connectivity index (χ2v) is 5.21. The summed E-state index contributed by atoms with van der Waals surface area (Å²) in [6.07, 6.45) is 2.59. The van der Waals surface area contributed by atoms with E-state index in [4.69, 9.17) is 5.73 Å². The second-order valence-electron chi connectivity index (χ2n) is 5.21. The van der Waals surface area contributed by atoms with Crippen molar-refractivity contribution in [2.75, 3.05) is 19.6 Å². The molecule has 2 amide bonds. The van der Waals surface area contributed by atoms with Crippen LogP contribution in [-0.2, 0) is 9.59 Å². The molecule has 0 radical (unpaired) electrons. The molecule has 3 N–H and O–H groups in total. The molecule has 17 heavy (non-hydrogen) atoms. The fourth-order valence-corrected chi connectivity index (χ4v) is 2.75. The van der Waals surface area contributed by atoms with E-state index in [-0.39, 0.29) is 29.7 Å². The quantitative estimate of drug-likeness (QED) is 0.695. The van der Waals surface area contributed by atoms with E-state index in [0.717, 1.165) is 32.4 Å². The highest BCUT2D eigenvalue weighted by atomic mass is 16.2. The number of rotatable bonds is 2. The Morgan fingerprint density at radius 2 is 2.00 bits per heavy atom. The van der Waals surface area contributed by atoms with Crippen molar-refractivity contribution < 1.29 is 9.59 Å². The molecule has 2 heterocycles. The van der Waals surface area contributed by atoms with E-state index in [1.54, 1.807) is 0 Å². The average Bonchev–Trinajstić information content (AvgIpc) is 2.81. The van der Waals surface area contributed by atoms with Gasteiger partial charge in [0.1, 0.15) is 0 Å². The third kappa shape index (κ3) is 2.60. The lowest BCUT2D eigenvalue weighted by atomic mass is 9.91. The zero-order chi connectivity index (χ0) is 12.4. The molecule has 2 saturated heterocycles. The Bertz CT molecular complexity index is 313. The number of amides is 2. The van der Waals surface area contributed by atoms with Crippen LogP contribution in [0.2, 0.25) is 0 Å². The van der Waals surface area contributed by atoms with Crippen molar-refractivity contribution in [1.29, 1.82) is 0 Å². The highest BCUT2D eigenvalue weighted by Crippen LogP contribution is 2.24. The molecule has 0 unspecified atom stereocenters. The summed E-state index contributed by atoms with van der Waals surface area (Å²) in [7, 11) is 0. The summed E-state index contributed by atoms with van der Waals surface area (Å²) in [5.41, 5.74) is 5.34. The molecule has 96 valence electrons. The van der Waals surface area contributed by atoms with Gasteiger partial charge in [-0.25, -0.2) is 0 Å². The van der Waals surface area contributed by atoms with Crippen LogP contribution in [0.4, 0.5) is 0 Å². The van der Waals surface area contributed by atoms with Crippen LogP contribution in [0.3, 0.4) is 0 Å². The molecule has 0 saturated carbocycles. The van der Waals surface area contributed by atoms with Crippen LogP contribution >= 0.6 is 0 Å². The minimum Gasteiger partial charge on any atom is -0.369 e. The summed E-state index contributed by atoms with van der Waals surface area (Å²) in [6.45, 7) is 4.24. The van der Waals surface area contributed by atoms with Gasteiger partial charge in [0.25, 0.3) is 0 Å². The monoisotopic (exact) mass is 239 g/mol. The van der Waals surface area contributed by atoms with Gasteiger partial charge in [-0.3, -0.25) is 9.59 Å². The predicted molar refractivity (Wildman–Crippen MR) is 64.1 cm³/mol. The second kappa shape index (κ2) is 5.04. The van der Waals surface area contributed by atoms with E-state index in [1.807, 2.05) is 4.90 Å². The van der Waals surface area contributed by atoms with E-state index in [2.05, 4.69) is 12.2 Å². The minimum absolute atomic E-state index is 0.0871. The number of nitrogens with one attached hydrogen (secondary N) is 1. The number of piperidine rings is 1. The third-order valence-corrected chi connectivity index (χ3v) is 3.98. The van der Waals surface area contributed by atoms with E-state index in [1.165, 1.54) is 0 Å². The van der Waals surface area contributed by atoms with Crippen molar-refractivity contribution in [3.63, 3.8) is 0 Å². The molecule has 0 aromatic rings. The largest absolute Gasteiger partial charge is 0.369 e. The summed E-state index contributed by atoms with van der Waals surface area (Å²) in [6, 6.07) is 0.235. The van der Waals surface area contributed by atoms with Gasteiger partial charge >= 0.3 is 0 Å². The van der Waals surface area contributed by atoms with Gasteiger partial charge in [0.2, 0.25) is 11.8 Å². The van der Waals surface area contributed by atoms with Gasteiger partial charge in [0.05, 0.1) is 11.8 Å². The number of nitrogens with zero attached hydrogens (tertiary/aromatic N) is 1. The van der Waals surface area contributed by atoms with Crippen LogP contribution in [0.25, 0.3) is 0 Å². The molecule has 0 aliphatic carbocycles. The number of hydrogen-bond acceptors (Lipinski definition) is 3. The highest BCUT2D eigenvalue weighted by Gasteiger charge is 2.35. The van der Waals surface area contributed by atoms with E-state index >= 15 is 0 Å². The lowest BCUT2D eigenvalue weighted by Gasteiger charge is -2.38. The van der Waals surface area contributed by atoms with Crippen molar-refractivity contribution >= 4 is 11.8 Å². The van der Waals surface area contributed by atoms with Crippen molar-refractivity contribution in [1.82, 2.24) is 10.2 Å². The number of carbonyl (C=O) groups is 2. The Labute approximate surface area is 102 Å². The Hall–Kier alpha value is -1.10. The standard InChI is InChI=1S/C12H21N3O2/c1-8-2-3-10(11(13)16)7-15(8)12(17)9-4-5-14-6-9/h8-10,14H,2-7H2,1H3,(H2,13,16)/t8-,9+,10-/m1/s1. The van der Waals surface area contributed by atoms with Gasteiger partial charge < -0.3 is 16.0 Å². The molecule has 0 aromatic heterocycles. The fourth-order valence-electron chi connectivity index (χ4n) is 2.75. The van der Waals surface area contributed by atoms with Crippen LogP contribution in [0.15, 0.2) is 0 Å². The minimum atomic E-state index is -0.278. The molecule has 5 nitrogen and oxygen atoms in total. The molecule has 2 aliphatic rings. The average molecular weight is 239 g/mol. The van der Waals surface area contributed by atoms with Gasteiger partial charge in [-0.05, 0) is 32.7 Å². The molecule has 2 fully saturated rings. The maximum absolute atomic E-state index is 12.3. The Balaban J connectivity index is 2.01. The first-order valence-electron chi connectivity index (χ1n) is 6.40. The zero-order valence-electron chi connectivity index (χ0n) is 10.3. The maximum Gasteiger partial charge on any atom is 0.227 e. The van der Waals surface area contributed by atoms with E-state index in [9.17, 15) is 9.59 Å². The lowest BCUT2D eigenvalue weighted by molar-refractivity contribution is -0.141. The molecule has 0 aromatic carbocycles. The Morgan fingerprint density at radius 3 is 2.59 bits per heavy atom. The number of primary amides is 1. The summed E-state index contributed by atoms with van der Waals surface area (Å²) in [5, 5.41) is 3.20. The van der Waals surface area contributed by atoms with E-state index < -0.39 is 0 Å². The smallest absolute Gasteiger partial charge is 0.227 e. The molecule has 3 atom stereocenters. The molecule has 2 aliphatic heterocycles. The van der Waals surface area contributed by atoms with Crippen molar-refractivity contribution in [3.8, 4) is 0 Å². The summed E-state index contributed by atoms with van der Waals surface area (Å²) in [5.74, 6) is -0.165. The van der Waals surface area contributed by atoms with E-state index in [0.29, 0.717) is 6.54 Å². The van der Waals surface area contributed by atoms with Gasteiger partial charge in [-0.15, -0.1) is 0 Å². The lowest BCUT2D eigenvalue weighted by Crippen LogP contribution is -2.50. The Morgan fingerprint density at radius 1 is 1.24 bits per heavy atom. The molecular weight excluding hydrogens is 218 g/mol. The number of carbonyl (C=O) groups excluding carboxylic acids is 2. The number of hydrogen-bond donors (Lipinski definition) is 2. The summed E-state index contributed by atoms with van der Waals surface area (Å²) >= 11 is 0. The first-order chi connectivity index (χ1) is 8.09. The maximum atomic E-state index is 12.3. The van der Waals surface area contributed by atoms with Gasteiger partial charge in [-0.2, -0.15) is 0 Å². The van der Waals surface area contributed by atoms with Gasteiger partial charge in [-0.1, -0.05) is 0 Å². The van der Waals surface area contributed by atoms with Crippen LogP contribution in [0, 0.1) is 11.8 Å². The molecule has 2 rings (SSSR count). The predicted octanol–water partition coefficient (Wildman–Crippen LogP) is -0.292. The van der Waals surface area contributed by atoms with Crippen LogP contribution in [0.1, 0.15) is 26.2 Å². The van der Waals surface area contributed by atoms with Crippen molar-refractivity contribution in [2.45, 2.75) is 32.2 Å². The zero-order valence-corrected chi connectivity index (χ0v) is 10.3. The normalized spacial score (nSPS) is 33.7. The van der Waals surface area contributed by atoms with Gasteiger partial charge in [0, 0.05) is 19.1 Å². The molecular formula is C12H21N3O2. The van der Waals surface area contributed by atoms with Crippen LogP contribution in [0.5, 0.6) is 0 Å². The van der Waals surface area contributed by atoms with Crippen molar-refractivity contribution in [2.24, 2.45) is 17.6 Å². The summed E-state index contributed by atoms with van der Waals surface area (Å²) < 4.78 is 0. The number of nitrogens with two attached hydrogens (primary N) is 1. The SMILES string of the molecule is C[C@@H]1CC[C@@H](C(N)=O)CN1C(=O)[C@H]1CCNC1. The first-order valence-corrected chi connectivity index (χ1v) is 6.40. The number of likely N-dealkylation sites (tertiary alicyclic amines) is 1. The molecule has 5 heteroatoms. The topological polar surface area (TPSA) is 75.4 Å². The summed E-state index contributed by atoms with van der Waals surface area (Å²) in [4.78, 5) is 25.4. The third-order valence-electron chi connectivity index (χ3n) is 3.98. The van der Waals surface area contributed by atoms with Crippen molar-refractivity contribution in [3.05, 3.63) is 0 Å². The molecule has 0 spiro atoms. The molecule has 0 bridgehead atoms. The van der Waals surface area contributed by atoms with Crippen LogP contribution < -0.4 is 11.1 Å². The first kappa shape index (κ1) is 12.4. The Kier molecular flexibility index (Phi) is 3.66. The fraction of sp³-hybridized carbons (Fsp3) is 0.833. The van der Waals surface area contributed by atoms with Gasteiger partial charge in [0.15, 0.2) is 0 Å². The highest BCUT2D eigenvalue weighted by molar-refractivity contribution is 5.82. The van der Waals surface area contributed by atoms with Crippen LogP contribution in [-0.4, -0.2) is 42.4 Å².